The van der Waals surface area contributed by atoms with Crippen LogP contribution >= 0.6 is 23.2 Å². The van der Waals surface area contributed by atoms with Crippen LogP contribution in [0.5, 0.6) is 0 Å². The van der Waals surface area contributed by atoms with E-state index in [0.717, 1.165) is 25.9 Å². The number of hydrogen-bond acceptors (Lipinski definition) is 4. The van der Waals surface area contributed by atoms with Crippen molar-refractivity contribution in [1.29, 1.82) is 0 Å². The Morgan fingerprint density at radius 3 is 2.72 bits per heavy atom. The highest BCUT2D eigenvalue weighted by Gasteiger charge is 2.23. The summed E-state index contributed by atoms with van der Waals surface area (Å²) in [4.78, 5) is 20.9. The highest BCUT2D eigenvalue weighted by molar-refractivity contribution is 6.33. The average Bonchev–Trinajstić information content (AvgIpc) is 2.33. The summed E-state index contributed by atoms with van der Waals surface area (Å²) in [6.45, 7) is 1.59. The van der Waals surface area contributed by atoms with Crippen molar-refractivity contribution in [3.05, 3.63) is 16.5 Å². The van der Waals surface area contributed by atoms with Crippen LogP contribution in [0.15, 0.2) is 6.20 Å². The number of halogens is 2. The zero-order chi connectivity index (χ0) is 13.1. The first kappa shape index (κ1) is 13.4. The molecule has 0 spiro atoms. The Kier molecular flexibility index (Phi) is 4.24. The van der Waals surface area contributed by atoms with E-state index in [2.05, 4.69) is 14.9 Å². The number of carbonyl (C=O) groups is 1. The number of hydrogen-bond donors (Lipinski definition) is 1. The molecule has 0 unspecified atom stereocenters. The molecule has 1 fully saturated rings. The number of rotatable bonds is 3. The molecule has 98 valence electrons. The monoisotopic (exact) mass is 288 g/mol. The summed E-state index contributed by atoms with van der Waals surface area (Å²) in [6.07, 6.45) is 3.76. The van der Waals surface area contributed by atoms with Gasteiger partial charge in [0, 0.05) is 19.5 Å². The molecule has 0 radical (unpaired) electrons. The average molecular weight is 289 g/mol. The van der Waals surface area contributed by atoms with Crippen molar-refractivity contribution in [3.63, 3.8) is 0 Å². The van der Waals surface area contributed by atoms with Gasteiger partial charge >= 0.3 is 0 Å². The van der Waals surface area contributed by atoms with Crippen LogP contribution in [0.3, 0.4) is 0 Å². The highest BCUT2D eigenvalue weighted by atomic mass is 35.5. The molecular formula is C11H14Cl2N4O. The van der Waals surface area contributed by atoms with Crippen molar-refractivity contribution in [3.8, 4) is 0 Å². The number of piperidine rings is 1. The fourth-order valence-electron chi connectivity index (χ4n) is 2.19. The van der Waals surface area contributed by atoms with Crippen LogP contribution in [-0.2, 0) is 4.79 Å². The smallest absolute Gasteiger partial charge is 0.224 e. The van der Waals surface area contributed by atoms with Crippen LogP contribution in [0.4, 0.5) is 5.82 Å². The van der Waals surface area contributed by atoms with E-state index < -0.39 is 0 Å². The topological polar surface area (TPSA) is 72.1 Å². The maximum Gasteiger partial charge on any atom is 0.224 e. The van der Waals surface area contributed by atoms with E-state index in [0.29, 0.717) is 23.2 Å². The van der Waals surface area contributed by atoms with Crippen molar-refractivity contribution in [2.45, 2.75) is 19.3 Å². The molecule has 1 aromatic heterocycles. The standard InChI is InChI=1S/C11H14Cl2N4O/c12-8-6-15-11(13)16-10(8)17-3-1-7(2-4-17)5-9(14)18/h6-7H,1-5H2,(H2,14,18). The van der Waals surface area contributed by atoms with E-state index in [1.54, 1.807) is 0 Å². The lowest BCUT2D eigenvalue weighted by Crippen LogP contribution is -2.35. The maximum atomic E-state index is 10.9. The van der Waals surface area contributed by atoms with Crippen LogP contribution in [0.25, 0.3) is 0 Å². The second-order valence-electron chi connectivity index (χ2n) is 4.41. The number of nitrogens with zero attached hydrogens (tertiary/aromatic N) is 3. The Balaban J connectivity index is 2.01. The van der Waals surface area contributed by atoms with Gasteiger partial charge in [-0.25, -0.2) is 4.98 Å². The summed E-state index contributed by atoms with van der Waals surface area (Å²) in [6, 6.07) is 0. The van der Waals surface area contributed by atoms with Gasteiger partial charge in [0.05, 0.1) is 6.20 Å². The number of anilines is 1. The second kappa shape index (κ2) is 5.71. The fraction of sp³-hybridized carbons (Fsp3) is 0.545. The third kappa shape index (κ3) is 3.23. The molecule has 7 heteroatoms. The van der Waals surface area contributed by atoms with Crippen LogP contribution in [0.1, 0.15) is 19.3 Å². The van der Waals surface area contributed by atoms with E-state index in [4.69, 9.17) is 28.9 Å². The Bertz CT molecular complexity index is 447. The Hall–Kier alpha value is -1.07. The summed E-state index contributed by atoms with van der Waals surface area (Å²) in [5, 5.41) is 0.682. The molecule has 1 saturated heterocycles. The first-order valence-corrected chi connectivity index (χ1v) is 6.53. The number of nitrogens with two attached hydrogens (primary N) is 1. The van der Waals surface area contributed by atoms with Gasteiger partial charge in [-0.05, 0) is 30.4 Å². The van der Waals surface area contributed by atoms with Gasteiger partial charge < -0.3 is 10.6 Å². The largest absolute Gasteiger partial charge is 0.370 e. The van der Waals surface area contributed by atoms with Crippen molar-refractivity contribution in [2.24, 2.45) is 11.7 Å². The second-order valence-corrected chi connectivity index (χ2v) is 5.16. The number of carbonyl (C=O) groups excluding carboxylic acids is 1. The van der Waals surface area contributed by atoms with Crippen molar-refractivity contribution >= 4 is 34.9 Å². The van der Waals surface area contributed by atoms with Crippen LogP contribution in [0.2, 0.25) is 10.3 Å². The number of aromatic nitrogens is 2. The van der Waals surface area contributed by atoms with Gasteiger partial charge in [0.1, 0.15) is 5.02 Å². The lowest BCUT2D eigenvalue weighted by Gasteiger charge is -2.32. The summed E-state index contributed by atoms with van der Waals surface area (Å²) in [5.41, 5.74) is 5.20. The predicted molar refractivity (Wildman–Crippen MR) is 70.8 cm³/mol. The van der Waals surface area contributed by atoms with Crippen molar-refractivity contribution < 1.29 is 4.79 Å². The van der Waals surface area contributed by atoms with Gasteiger partial charge in [-0.2, -0.15) is 4.98 Å². The molecule has 0 aromatic carbocycles. The minimum absolute atomic E-state index is 0.189. The minimum atomic E-state index is -0.239. The number of amides is 1. The maximum absolute atomic E-state index is 10.9. The molecule has 5 nitrogen and oxygen atoms in total. The van der Waals surface area contributed by atoms with E-state index in [-0.39, 0.29) is 11.2 Å². The summed E-state index contributed by atoms with van der Waals surface area (Å²) >= 11 is 11.8. The van der Waals surface area contributed by atoms with Crippen molar-refractivity contribution in [1.82, 2.24) is 9.97 Å². The van der Waals surface area contributed by atoms with E-state index in [1.165, 1.54) is 6.20 Å². The third-order valence-electron chi connectivity index (χ3n) is 3.10. The zero-order valence-electron chi connectivity index (χ0n) is 9.77. The SMILES string of the molecule is NC(=O)CC1CCN(c2nc(Cl)ncc2Cl)CC1. The molecule has 0 bridgehead atoms. The molecule has 18 heavy (non-hydrogen) atoms. The van der Waals surface area contributed by atoms with Gasteiger partial charge in [-0.3, -0.25) is 4.79 Å². The predicted octanol–water partition coefficient (Wildman–Crippen LogP) is 1.88. The summed E-state index contributed by atoms with van der Waals surface area (Å²) in [5.74, 6) is 0.778. The Morgan fingerprint density at radius 2 is 2.11 bits per heavy atom. The molecule has 1 aliphatic heterocycles. The van der Waals surface area contributed by atoms with Gasteiger partial charge in [0.2, 0.25) is 11.2 Å². The van der Waals surface area contributed by atoms with E-state index in [9.17, 15) is 4.79 Å². The molecule has 1 aliphatic rings. The quantitative estimate of drug-likeness (QED) is 0.862. The molecule has 2 N–H and O–H groups in total. The van der Waals surface area contributed by atoms with E-state index >= 15 is 0 Å². The molecular weight excluding hydrogens is 275 g/mol. The Morgan fingerprint density at radius 1 is 1.44 bits per heavy atom. The van der Waals surface area contributed by atoms with E-state index in [1.807, 2.05) is 0 Å². The lowest BCUT2D eigenvalue weighted by molar-refractivity contribution is -0.119. The van der Waals surface area contributed by atoms with Gasteiger partial charge in [-0.15, -0.1) is 0 Å². The Labute approximate surface area is 115 Å². The normalized spacial score (nSPS) is 16.9. The van der Waals surface area contributed by atoms with Gasteiger partial charge in [0.25, 0.3) is 0 Å². The van der Waals surface area contributed by atoms with Gasteiger partial charge in [0.15, 0.2) is 5.82 Å². The van der Waals surface area contributed by atoms with Crippen molar-refractivity contribution in [2.75, 3.05) is 18.0 Å². The summed E-state index contributed by atoms with van der Waals surface area (Å²) in [7, 11) is 0. The summed E-state index contributed by atoms with van der Waals surface area (Å²) < 4.78 is 0. The highest BCUT2D eigenvalue weighted by Crippen LogP contribution is 2.29. The first-order valence-electron chi connectivity index (χ1n) is 5.77. The molecule has 2 heterocycles. The zero-order valence-corrected chi connectivity index (χ0v) is 11.3. The molecule has 0 saturated carbocycles. The fourth-order valence-corrected chi connectivity index (χ4v) is 2.53. The van der Waals surface area contributed by atoms with Crippen LogP contribution in [0, 0.1) is 5.92 Å². The molecule has 0 aliphatic carbocycles. The number of primary amides is 1. The molecule has 0 atom stereocenters. The lowest BCUT2D eigenvalue weighted by atomic mass is 9.93. The minimum Gasteiger partial charge on any atom is -0.370 e. The first-order chi connectivity index (χ1) is 8.56. The molecule has 1 aromatic rings. The van der Waals surface area contributed by atoms with Crippen LogP contribution in [-0.4, -0.2) is 29.0 Å². The van der Waals surface area contributed by atoms with Gasteiger partial charge in [-0.1, -0.05) is 11.6 Å². The molecule has 2 rings (SSSR count). The van der Waals surface area contributed by atoms with Crippen LogP contribution < -0.4 is 10.6 Å². The third-order valence-corrected chi connectivity index (χ3v) is 3.55. The molecule has 1 amide bonds.